The van der Waals surface area contributed by atoms with Gasteiger partial charge in [0.05, 0.1) is 18.8 Å². The Morgan fingerprint density at radius 1 is 1.09 bits per heavy atom. The van der Waals surface area contributed by atoms with Crippen molar-refractivity contribution in [2.75, 3.05) is 20.2 Å². The van der Waals surface area contributed by atoms with Gasteiger partial charge in [-0.15, -0.1) is 5.10 Å². The first-order valence-corrected chi connectivity index (χ1v) is 11.7. The monoisotopic (exact) mass is 480 g/mol. The van der Waals surface area contributed by atoms with E-state index in [1.807, 2.05) is 46.0 Å². The van der Waals surface area contributed by atoms with Crippen LogP contribution in [0.4, 0.5) is 9.18 Å². The Hall–Kier alpha value is -3.69. The largest absolute Gasteiger partial charge is 0.494 e. The number of likely N-dealkylation sites (tertiary alicyclic amines) is 1. The van der Waals surface area contributed by atoms with Gasteiger partial charge in [0.2, 0.25) is 0 Å². The van der Waals surface area contributed by atoms with E-state index in [1.165, 1.54) is 6.07 Å². The first-order chi connectivity index (χ1) is 16.6. The second kappa shape index (κ2) is 8.51. The number of amides is 1. The van der Waals surface area contributed by atoms with Crippen LogP contribution in [0.5, 0.6) is 5.75 Å². The van der Waals surface area contributed by atoms with Crippen LogP contribution in [0, 0.1) is 12.7 Å². The molecule has 10 heteroatoms. The highest BCUT2D eigenvalue weighted by Gasteiger charge is 2.29. The van der Waals surface area contributed by atoms with Gasteiger partial charge in [-0.2, -0.15) is 9.90 Å². The highest BCUT2D eigenvalue weighted by atomic mass is 19.1. The predicted octanol–water partition coefficient (Wildman–Crippen LogP) is 4.77. The van der Waals surface area contributed by atoms with Crippen LogP contribution in [0.3, 0.4) is 0 Å². The first-order valence-electron chi connectivity index (χ1n) is 11.7. The molecular weight excluding hydrogens is 451 g/mol. The van der Waals surface area contributed by atoms with Gasteiger partial charge < -0.3 is 18.8 Å². The zero-order valence-electron chi connectivity index (χ0n) is 20.6. The van der Waals surface area contributed by atoms with E-state index in [9.17, 15) is 9.18 Å². The lowest BCUT2D eigenvalue weighted by Crippen LogP contribution is -2.42. The van der Waals surface area contributed by atoms with Crippen molar-refractivity contribution < 1.29 is 18.7 Å². The van der Waals surface area contributed by atoms with E-state index in [-0.39, 0.29) is 12.1 Å². The van der Waals surface area contributed by atoms with Crippen LogP contribution in [0.2, 0.25) is 0 Å². The maximum atomic E-state index is 14.7. The van der Waals surface area contributed by atoms with Crippen LogP contribution in [0.1, 0.15) is 45.3 Å². The average Bonchev–Trinajstić information content (AvgIpc) is 3.40. The van der Waals surface area contributed by atoms with Crippen molar-refractivity contribution >= 4 is 22.8 Å². The lowest BCUT2D eigenvalue weighted by molar-refractivity contribution is 0.0180. The van der Waals surface area contributed by atoms with E-state index in [2.05, 4.69) is 4.98 Å². The molecule has 0 bridgehead atoms. The number of nitrogens with zero attached hydrogens (tertiary/aromatic N) is 6. The van der Waals surface area contributed by atoms with E-state index in [4.69, 9.17) is 19.7 Å². The minimum absolute atomic E-state index is 0.0527. The summed E-state index contributed by atoms with van der Waals surface area (Å²) in [6.07, 6.45) is 4.78. The van der Waals surface area contributed by atoms with Gasteiger partial charge in [0.25, 0.3) is 0 Å². The van der Waals surface area contributed by atoms with Gasteiger partial charge >= 0.3 is 6.09 Å². The number of halogens is 1. The normalized spacial score (nSPS) is 15.2. The van der Waals surface area contributed by atoms with Crippen LogP contribution in [-0.4, -0.2) is 61.2 Å². The van der Waals surface area contributed by atoms with E-state index in [1.54, 1.807) is 27.4 Å². The fourth-order valence-corrected chi connectivity index (χ4v) is 4.43. The van der Waals surface area contributed by atoms with Gasteiger partial charge in [-0.3, -0.25) is 0 Å². The summed E-state index contributed by atoms with van der Waals surface area (Å²) in [5, 5.41) is 9.43. The van der Waals surface area contributed by atoms with Crippen molar-refractivity contribution in [1.29, 1.82) is 0 Å². The minimum Gasteiger partial charge on any atom is -0.494 e. The van der Waals surface area contributed by atoms with Crippen LogP contribution in [0.25, 0.3) is 27.8 Å². The molecule has 4 aromatic rings. The fourth-order valence-electron chi connectivity index (χ4n) is 4.43. The van der Waals surface area contributed by atoms with Crippen LogP contribution >= 0.6 is 0 Å². The molecule has 0 N–H and O–H groups in total. The number of benzene rings is 1. The number of hydrogen-bond donors (Lipinski definition) is 0. The summed E-state index contributed by atoms with van der Waals surface area (Å²) < 4.78 is 27.5. The molecule has 0 atom stereocenters. The maximum Gasteiger partial charge on any atom is 0.410 e. The Bertz CT molecular complexity index is 1410. The highest BCUT2D eigenvalue weighted by Crippen LogP contribution is 2.33. The Kier molecular flexibility index (Phi) is 5.61. The average molecular weight is 481 g/mol. The van der Waals surface area contributed by atoms with Crippen molar-refractivity contribution in [3.63, 3.8) is 0 Å². The number of piperidine rings is 1. The molecule has 184 valence electrons. The summed E-state index contributed by atoms with van der Waals surface area (Å²) in [7, 11) is 1.58. The van der Waals surface area contributed by atoms with E-state index < -0.39 is 11.4 Å². The number of hydrogen-bond acceptors (Lipinski definition) is 6. The van der Waals surface area contributed by atoms with Gasteiger partial charge in [-0.25, -0.2) is 14.2 Å². The SMILES string of the molecule is COc1cc(-c2cc(F)c3nc(C)cn3c2)cc2nn(C3CCN(C(=O)OC(C)(C)C)CC3)nc12. The van der Waals surface area contributed by atoms with Crippen molar-refractivity contribution in [1.82, 2.24) is 29.3 Å². The Labute approximate surface area is 202 Å². The molecule has 1 aliphatic heterocycles. The van der Waals surface area contributed by atoms with Crippen LogP contribution in [-0.2, 0) is 4.74 Å². The van der Waals surface area contributed by atoms with Gasteiger partial charge in [0.15, 0.2) is 17.0 Å². The quantitative estimate of drug-likeness (QED) is 0.420. The number of aromatic nitrogens is 5. The zero-order valence-corrected chi connectivity index (χ0v) is 20.6. The summed E-state index contributed by atoms with van der Waals surface area (Å²) in [6, 6.07) is 5.26. The highest BCUT2D eigenvalue weighted by molar-refractivity contribution is 5.87. The summed E-state index contributed by atoms with van der Waals surface area (Å²) >= 11 is 0. The predicted molar refractivity (Wildman–Crippen MR) is 129 cm³/mol. The number of imidazole rings is 1. The summed E-state index contributed by atoms with van der Waals surface area (Å²) in [5.74, 6) is 0.173. The molecule has 1 aliphatic rings. The van der Waals surface area contributed by atoms with Crippen LogP contribution < -0.4 is 4.74 Å². The molecule has 4 heterocycles. The number of aryl methyl sites for hydroxylation is 1. The Balaban J connectivity index is 1.42. The number of rotatable bonds is 3. The second-order valence-electron chi connectivity index (χ2n) is 9.96. The third kappa shape index (κ3) is 4.52. The fraction of sp³-hybridized carbons (Fsp3) is 0.440. The minimum atomic E-state index is -0.520. The molecule has 0 unspecified atom stereocenters. The lowest BCUT2D eigenvalue weighted by atomic mass is 10.1. The molecule has 0 saturated carbocycles. The molecule has 35 heavy (non-hydrogen) atoms. The second-order valence-corrected chi connectivity index (χ2v) is 9.96. The van der Waals surface area contributed by atoms with Crippen molar-refractivity contribution in [2.24, 2.45) is 0 Å². The number of carbonyl (C=O) groups excluding carboxylic acids is 1. The van der Waals surface area contributed by atoms with Crippen molar-refractivity contribution in [3.05, 3.63) is 42.1 Å². The van der Waals surface area contributed by atoms with Gasteiger partial charge in [-0.1, -0.05) is 0 Å². The van der Waals surface area contributed by atoms with Gasteiger partial charge in [0.1, 0.15) is 16.9 Å². The molecule has 1 saturated heterocycles. The summed E-state index contributed by atoms with van der Waals surface area (Å²) in [5.41, 5.74) is 3.29. The summed E-state index contributed by atoms with van der Waals surface area (Å²) in [4.78, 5) is 20.0. The molecule has 0 radical (unpaired) electrons. The Morgan fingerprint density at radius 2 is 1.83 bits per heavy atom. The van der Waals surface area contributed by atoms with Gasteiger partial charge in [-0.05, 0) is 64.3 Å². The third-order valence-corrected chi connectivity index (χ3v) is 6.09. The van der Waals surface area contributed by atoms with Gasteiger partial charge in [0, 0.05) is 31.0 Å². The molecule has 9 nitrogen and oxygen atoms in total. The first kappa shape index (κ1) is 23.1. The standard InChI is InChI=1S/C25H29FN6O3/c1-15-13-31-14-17(10-19(26)23(31)27-15)16-11-20-22(21(12-16)34-5)29-32(28-20)18-6-8-30(9-7-18)24(33)35-25(2,3)4/h10-14,18H,6-9H2,1-5H3. The topological polar surface area (TPSA) is 86.8 Å². The summed E-state index contributed by atoms with van der Waals surface area (Å²) in [6.45, 7) is 8.56. The van der Waals surface area contributed by atoms with Crippen LogP contribution in [0.15, 0.2) is 30.6 Å². The van der Waals surface area contributed by atoms with Crippen molar-refractivity contribution in [3.8, 4) is 16.9 Å². The molecule has 3 aromatic heterocycles. The van der Waals surface area contributed by atoms with Crippen molar-refractivity contribution in [2.45, 2.75) is 52.2 Å². The molecular formula is C25H29FN6O3. The lowest BCUT2D eigenvalue weighted by Gasteiger charge is -2.32. The number of pyridine rings is 1. The molecule has 1 aromatic carbocycles. The number of ether oxygens (including phenoxy) is 2. The smallest absolute Gasteiger partial charge is 0.410 e. The number of carbonyl (C=O) groups is 1. The molecule has 0 spiro atoms. The molecule has 1 amide bonds. The van der Waals surface area contributed by atoms with E-state index in [0.29, 0.717) is 41.1 Å². The zero-order chi connectivity index (χ0) is 24.9. The third-order valence-electron chi connectivity index (χ3n) is 6.09. The van der Waals surface area contributed by atoms with E-state index >= 15 is 0 Å². The maximum absolute atomic E-state index is 14.7. The molecule has 5 rings (SSSR count). The number of methoxy groups -OCH3 is 1. The molecule has 0 aliphatic carbocycles. The van der Waals surface area contributed by atoms with E-state index in [0.717, 1.165) is 24.1 Å². The Morgan fingerprint density at radius 3 is 2.51 bits per heavy atom. The molecule has 1 fully saturated rings. The number of fused-ring (bicyclic) bond motifs is 2.